The third-order valence-electron chi connectivity index (χ3n) is 3.47. The van der Waals surface area contributed by atoms with E-state index >= 15 is 0 Å². The van der Waals surface area contributed by atoms with Crippen LogP contribution < -0.4 is 0 Å². The molecule has 0 aromatic carbocycles. The number of carbonyl (C=O) groups excluding carboxylic acids is 1. The molecule has 17 heavy (non-hydrogen) atoms. The van der Waals surface area contributed by atoms with E-state index in [2.05, 4.69) is 0 Å². The fourth-order valence-corrected chi connectivity index (χ4v) is 2.17. The summed E-state index contributed by atoms with van der Waals surface area (Å²) in [7, 11) is 0. The second kappa shape index (κ2) is 4.63. The first kappa shape index (κ1) is 12.3. The van der Waals surface area contributed by atoms with Gasteiger partial charge in [0.1, 0.15) is 0 Å². The van der Waals surface area contributed by atoms with Crippen LogP contribution in [0.4, 0.5) is 13.6 Å². The van der Waals surface area contributed by atoms with E-state index in [0.717, 1.165) is 6.42 Å². The highest BCUT2D eigenvalue weighted by atomic mass is 19.3. The van der Waals surface area contributed by atoms with Crippen LogP contribution in [0, 0.1) is 0 Å². The number of nitrogens with zero attached hydrogens (tertiary/aromatic N) is 2. The Morgan fingerprint density at radius 2 is 1.88 bits per heavy atom. The minimum Gasteiger partial charge on any atom is -0.324 e. The average molecular weight is 244 g/mol. The minimum absolute atomic E-state index is 0.0933. The van der Waals surface area contributed by atoms with Crippen LogP contribution in [-0.4, -0.2) is 47.9 Å². The Hall–Kier alpha value is -1.13. The molecule has 0 unspecified atom stereocenters. The second-order valence-electron chi connectivity index (χ2n) is 4.87. The molecular formula is C12H18F2N2O. The number of likely N-dealkylation sites (tertiary alicyclic amines) is 1. The standard InChI is InChI=1S/C12H18F2N2O/c1-10-2-6-15(7-3-10)11(17)16-8-4-12(13,14)5-9-16/h2H,3-9H2,1H3. The first-order valence-electron chi connectivity index (χ1n) is 6.05. The molecule has 0 aliphatic carbocycles. The van der Waals surface area contributed by atoms with Gasteiger partial charge in [-0.1, -0.05) is 11.6 Å². The normalized spacial score (nSPS) is 24.5. The van der Waals surface area contributed by atoms with Gasteiger partial charge >= 0.3 is 6.03 Å². The summed E-state index contributed by atoms with van der Waals surface area (Å²) in [6, 6.07) is -0.0933. The lowest BCUT2D eigenvalue weighted by Gasteiger charge is -2.36. The van der Waals surface area contributed by atoms with Crippen LogP contribution in [0.25, 0.3) is 0 Å². The third kappa shape index (κ3) is 2.96. The Kier molecular flexibility index (Phi) is 3.35. The van der Waals surface area contributed by atoms with Crippen LogP contribution >= 0.6 is 0 Å². The summed E-state index contributed by atoms with van der Waals surface area (Å²) in [5.41, 5.74) is 1.29. The van der Waals surface area contributed by atoms with E-state index in [0.29, 0.717) is 13.1 Å². The molecule has 1 saturated heterocycles. The molecule has 0 saturated carbocycles. The van der Waals surface area contributed by atoms with Crippen molar-refractivity contribution in [2.24, 2.45) is 0 Å². The highest BCUT2D eigenvalue weighted by molar-refractivity contribution is 5.75. The minimum atomic E-state index is -2.59. The molecule has 0 bridgehead atoms. The Bertz CT molecular complexity index is 331. The van der Waals surface area contributed by atoms with Crippen LogP contribution in [0.2, 0.25) is 0 Å². The summed E-state index contributed by atoms with van der Waals surface area (Å²) in [4.78, 5) is 15.3. The van der Waals surface area contributed by atoms with Gasteiger partial charge in [0.05, 0.1) is 0 Å². The van der Waals surface area contributed by atoms with E-state index in [9.17, 15) is 13.6 Å². The maximum atomic E-state index is 13.0. The van der Waals surface area contributed by atoms with E-state index in [-0.39, 0.29) is 32.0 Å². The van der Waals surface area contributed by atoms with Crippen LogP contribution in [0.1, 0.15) is 26.2 Å². The fraction of sp³-hybridized carbons (Fsp3) is 0.750. The predicted molar refractivity (Wildman–Crippen MR) is 61.1 cm³/mol. The summed E-state index contributed by atoms with van der Waals surface area (Å²) < 4.78 is 25.9. The van der Waals surface area contributed by atoms with E-state index in [1.165, 1.54) is 5.57 Å². The lowest BCUT2D eigenvalue weighted by Crippen LogP contribution is -2.49. The summed E-state index contributed by atoms with van der Waals surface area (Å²) in [6.07, 6.45) is 2.50. The van der Waals surface area contributed by atoms with Gasteiger partial charge < -0.3 is 9.80 Å². The number of urea groups is 1. The van der Waals surface area contributed by atoms with Gasteiger partial charge in [0.25, 0.3) is 5.92 Å². The van der Waals surface area contributed by atoms with E-state index < -0.39 is 5.92 Å². The number of hydrogen-bond acceptors (Lipinski definition) is 1. The molecule has 0 spiro atoms. The molecule has 0 aromatic heterocycles. The fourth-order valence-electron chi connectivity index (χ4n) is 2.17. The highest BCUT2D eigenvalue weighted by Crippen LogP contribution is 2.28. The SMILES string of the molecule is CC1=CCN(C(=O)N2CCC(F)(F)CC2)CC1. The van der Waals surface area contributed by atoms with Crippen LogP contribution in [0.5, 0.6) is 0 Å². The quantitative estimate of drug-likeness (QED) is 0.600. The van der Waals surface area contributed by atoms with Gasteiger partial charge in [0.2, 0.25) is 0 Å². The topological polar surface area (TPSA) is 23.6 Å². The largest absolute Gasteiger partial charge is 0.324 e. The van der Waals surface area contributed by atoms with Crippen molar-refractivity contribution in [3.05, 3.63) is 11.6 Å². The van der Waals surface area contributed by atoms with Crippen molar-refractivity contribution < 1.29 is 13.6 Å². The van der Waals surface area contributed by atoms with Gasteiger partial charge in [-0.25, -0.2) is 13.6 Å². The zero-order valence-electron chi connectivity index (χ0n) is 10.1. The predicted octanol–water partition coefficient (Wildman–Crippen LogP) is 2.49. The molecule has 96 valence electrons. The molecule has 1 fully saturated rings. The van der Waals surface area contributed by atoms with Crippen molar-refractivity contribution in [3.63, 3.8) is 0 Å². The zero-order chi connectivity index (χ0) is 12.5. The Labute approximate surface area is 100 Å². The van der Waals surface area contributed by atoms with E-state index in [1.807, 2.05) is 13.0 Å². The Morgan fingerprint density at radius 3 is 2.41 bits per heavy atom. The third-order valence-corrected chi connectivity index (χ3v) is 3.47. The molecule has 0 atom stereocenters. The molecule has 3 nitrogen and oxygen atoms in total. The average Bonchev–Trinajstić information content (AvgIpc) is 2.29. The number of amides is 2. The highest BCUT2D eigenvalue weighted by Gasteiger charge is 2.36. The van der Waals surface area contributed by atoms with Crippen molar-refractivity contribution in [2.45, 2.75) is 32.1 Å². The molecule has 2 amide bonds. The molecule has 5 heteroatoms. The first-order valence-corrected chi connectivity index (χ1v) is 6.05. The zero-order valence-corrected chi connectivity index (χ0v) is 10.1. The molecule has 2 rings (SSSR count). The molecule has 0 aromatic rings. The molecule has 0 N–H and O–H groups in total. The number of halogens is 2. The smallest absolute Gasteiger partial charge is 0.320 e. The van der Waals surface area contributed by atoms with Gasteiger partial charge in [-0.05, 0) is 13.3 Å². The number of hydrogen-bond donors (Lipinski definition) is 0. The summed E-state index contributed by atoms with van der Waals surface area (Å²) in [5, 5.41) is 0. The Balaban J connectivity index is 1.89. The molecule has 2 aliphatic rings. The van der Waals surface area contributed by atoms with Crippen molar-refractivity contribution in [2.75, 3.05) is 26.2 Å². The molecule has 0 radical (unpaired) electrons. The lowest BCUT2D eigenvalue weighted by molar-refractivity contribution is -0.0490. The maximum absolute atomic E-state index is 13.0. The molecule has 2 aliphatic heterocycles. The van der Waals surface area contributed by atoms with Crippen LogP contribution in [0.3, 0.4) is 0 Å². The summed E-state index contributed by atoms with van der Waals surface area (Å²) in [5.74, 6) is -2.59. The van der Waals surface area contributed by atoms with Gasteiger partial charge in [0, 0.05) is 39.0 Å². The van der Waals surface area contributed by atoms with Gasteiger partial charge in [0.15, 0.2) is 0 Å². The van der Waals surface area contributed by atoms with Crippen molar-refractivity contribution in [1.29, 1.82) is 0 Å². The van der Waals surface area contributed by atoms with Crippen molar-refractivity contribution >= 4 is 6.03 Å². The number of alkyl halides is 2. The molecule has 2 heterocycles. The monoisotopic (exact) mass is 244 g/mol. The van der Waals surface area contributed by atoms with Gasteiger partial charge in [-0.15, -0.1) is 0 Å². The number of piperidine rings is 1. The summed E-state index contributed by atoms with van der Waals surface area (Å²) in [6.45, 7) is 3.70. The van der Waals surface area contributed by atoms with Crippen molar-refractivity contribution in [3.8, 4) is 0 Å². The van der Waals surface area contributed by atoms with Crippen molar-refractivity contribution in [1.82, 2.24) is 9.80 Å². The van der Waals surface area contributed by atoms with Crippen LogP contribution in [0.15, 0.2) is 11.6 Å². The maximum Gasteiger partial charge on any atom is 0.320 e. The summed E-state index contributed by atoms with van der Waals surface area (Å²) >= 11 is 0. The van der Waals surface area contributed by atoms with Crippen LogP contribution in [-0.2, 0) is 0 Å². The van der Waals surface area contributed by atoms with E-state index in [1.54, 1.807) is 9.80 Å². The first-order chi connectivity index (χ1) is 7.98. The number of rotatable bonds is 0. The lowest BCUT2D eigenvalue weighted by atomic mass is 10.1. The van der Waals surface area contributed by atoms with E-state index in [4.69, 9.17) is 0 Å². The van der Waals surface area contributed by atoms with Gasteiger partial charge in [-0.2, -0.15) is 0 Å². The van der Waals surface area contributed by atoms with Gasteiger partial charge in [-0.3, -0.25) is 0 Å². The second-order valence-corrected chi connectivity index (χ2v) is 4.87. The molecular weight excluding hydrogens is 226 g/mol. The Morgan fingerprint density at radius 1 is 1.24 bits per heavy atom. The number of carbonyl (C=O) groups is 1.